The summed E-state index contributed by atoms with van der Waals surface area (Å²) in [5.41, 5.74) is 2.42. The third kappa shape index (κ3) is 2.73. The van der Waals surface area contributed by atoms with Crippen molar-refractivity contribution in [2.45, 2.75) is 57.5 Å². The maximum atomic E-state index is 12.5. The summed E-state index contributed by atoms with van der Waals surface area (Å²) in [5, 5.41) is 3.53. The summed E-state index contributed by atoms with van der Waals surface area (Å²) < 4.78 is 0. The predicted molar refractivity (Wildman–Crippen MR) is 82.0 cm³/mol. The zero-order valence-electron chi connectivity index (χ0n) is 12.3. The number of benzene rings is 1. The summed E-state index contributed by atoms with van der Waals surface area (Å²) in [6.45, 7) is 2.96. The molecule has 1 saturated carbocycles. The first-order valence-electron chi connectivity index (χ1n) is 7.89. The van der Waals surface area contributed by atoms with Crippen molar-refractivity contribution in [2.75, 3.05) is 11.4 Å². The van der Waals surface area contributed by atoms with E-state index in [0.717, 1.165) is 18.7 Å². The molecule has 1 amide bonds. The second-order valence-electron chi connectivity index (χ2n) is 6.13. The molecule has 1 atom stereocenters. The van der Waals surface area contributed by atoms with E-state index in [1.807, 2.05) is 11.0 Å². The minimum absolute atomic E-state index is 0.257. The monoisotopic (exact) mass is 272 g/mol. The highest BCUT2D eigenvalue weighted by Crippen LogP contribution is 2.32. The second kappa shape index (κ2) is 5.96. The molecule has 1 aromatic carbocycles. The highest BCUT2D eigenvalue weighted by molar-refractivity contribution is 5.96. The van der Waals surface area contributed by atoms with Crippen molar-refractivity contribution in [1.29, 1.82) is 0 Å². The zero-order valence-corrected chi connectivity index (χ0v) is 12.3. The third-order valence-electron chi connectivity index (χ3n) is 4.60. The van der Waals surface area contributed by atoms with Gasteiger partial charge in [0.15, 0.2) is 0 Å². The standard InChI is InChI=1S/C17H24N2O/c1-13-12-14-6-2-5-9-16(14)19(13)17(20)10-11-18-15-7-3-4-8-15/h2,5-6,9,13,15,18H,3-4,7-8,10-12H2,1H3. The van der Waals surface area contributed by atoms with Crippen LogP contribution in [0, 0.1) is 0 Å². The summed E-state index contributed by atoms with van der Waals surface area (Å²) in [4.78, 5) is 14.5. The third-order valence-corrected chi connectivity index (χ3v) is 4.60. The largest absolute Gasteiger partial charge is 0.313 e. The first-order chi connectivity index (χ1) is 9.75. The summed E-state index contributed by atoms with van der Waals surface area (Å²) in [7, 11) is 0. The number of hydrogen-bond acceptors (Lipinski definition) is 2. The number of fused-ring (bicyclic) bond motifs is 1. The van der Waals surface area contributed by atoms with Gasteiger partial charge < -0.3 is 10.2 Å². The minimum Gasteiger partial charge on any atom is -0.313 e. The Morgan fingerprint density at radius 3 is 2.85 bits per heavy atom. The highest BCUT2D eigenvalue weighted by atomic mass is 16.2. The fraction of sp³-hybridized carbons (Fsp3) is 0.588. The van der Waals surface area contributed by atoms with E-state index < -0.39 is 0 Å². The Balaban J connectivity index is 1.56. The molecule has 108 valence electrons. The van der Waals surface area contributed by atoms with Crippen LogP contribution >= 0.6 is 0 Å². The molecular formula is C17H24N2O. The lowest BCUT2D eigenvalue weighted by atomic mass is 10.1. The molecule has 1 N–H and O–H groups in total. The molecule has 1 aromatic rings. The quantitative estimate of drug-likeness (QED) is 0.914. The highest BCUT2D eigenvalue weighted by Gasteiger charge is 2.30. The SMILES string of the molecule is CC1Cc2ccccc2N1C(=O)CCNC1CCCC1. The minimum atomic E-state index is 0.257. The van der Waals surface area contributed by atoms with E-state index in [-0.39, 0.29) is 5.91 Å². The van der Waals surface area contributed by atoms with E-state index in [1.165, 1.54) is 31.2 Å². The first kappa shape index (κ1) is 13.6. The van der Waals surface area contributed by atoms with Gasteiger partial charge in [-0.05, 0) is 37.8 Å². The molecule has 2 aliphatic rings. The van der Waals surface area contributed by atoms with Crippen LogP contribution in [0.25, 0.3) is 0 Å². The number of amides is 1. The van der Waals surface area contributed by atoms with Gasteiger partial charge in [-0.1, -0.05) is 31.0 Å². The van der Waals surface area contributed by atoms with Crippen LogP contribution in [0.4, 0.5) is 5.69 Å². The number of carbonyl (C=O) groups excluding carboxylic acids is 1. The number of carbonyl (C=O) groups is 1. The number of nitrogens with zero attached hydrogens (tertiary/aromatic N) is 1. The van der Waals surface area contributed by atoms with Gasteiger partial charge in [0.1, 0.15) is 0 Å². The molecule has 3 rings (SSSR count). The van der Waals surface area contributed by atoms with Crippen molar-refractivity contribution in [3.05, 3.63) is 29.8 Å². The van der Waals surface area contributed by atoms with Gasteiger partial charge in [0.25, 0.3) is 0 Å². The molecule has 1 unspecified atom stereocenters. The number of hydrogen-bond donors (Lipinski definition) is 1. The van der Waals surface area contributed by atoms with Crippen molar-refractivity contribution >= 4 is 11.6 Å². The fourth-order valence-corrected chi connectivity index (χ4v) is 3.58. The number of rotatable bonds is 4. The average Bonchev–Trinajstić information content (AvgIpc) is 3.04. The molecule has 1 aliphatic carbocycles. The lowest BCUT2D eigenvalue weighted by Crippen LogP contribution is -2.38. The second-order valence-corrected chi connectivity index (χ2v) is 6.13. The van der Waals surface area contributed by atoms with Gasteiger partial charge in [-0.3, -0.25) is 4.79 Å². The Labute approximate surface area is 121 Å². The Kier molecular flexibility index (Phi) is 4.06. The molecule has 3 nitrogen and oxygen atoms in total. The Morgan fingerprint density at radius 2 is 2.05 bits per heavy atom. The summed E-state index contributed by atoms with van der Waals surface area (Å²) in [6.07, 6.45) is 6.81. The predicted octanol–water partition coefficient (Wildman–Crippen LogP) is 2.89. The van der Waals surface area contributed by atoms with E-state index in [9.17, 15) is 4.79 Å². The molecule has 0 spiro atoms. The van der Waals surface area contributed by atoms with Crippen molar-refractivity contribution in [2.24, 2.45) is 0 Å². The Morgan fingerprint density at radius 1 is 1.30 bits per heavy atom. The van der Waals surface area contributed by atoms with E-state index in [4.69, 9.17) is 0 Å². The molecule has 0 bridgehead atoms. The van der Waals surface area contributed by atoms with Gasteiger partial charge >= 0.3 is 0 Å². The van der Waals surface area contributed by atoms with E-state index in [0.29, 0.717) is 18.5 Å². The molecule has 0 saturated heterocycles. The van der Waals surface area contributed by atoms with Crippen LogP contribution < -0.4 is 10.2 Å². The Hall–Kier alpha value is -1.35. The van der Waals surface area contributed by atoms with Crippen LogP contribution in [0.1, 0.15) is 44.6 Å². The van der Waals surface area contributed by atoms with Crippen LogP contribution in [-0.2, 0) is 11.2 Å². The van der Waals surface area contributed by atoms with Crippen molar-refractivity contribution in [1.82, 2.24) is 5.32 Å². The number of anilines is 1. The summed E-state index contributed by atoms with van der Waals surface area (Å²) in [6, 6.07) is 9.23. The van der Waals surface area contributed by atoms with Crippen LogP contribution in [-0.4, -0.2) is 24.5 Å². The van der Waals surface area contributed by atoms with Crippen molar-refractivity contribution < 1.29 is 4.79 Å². The normalized spacial score (nSPS) is 22.2. The zero-order chi connectivity index (χ0) is 13.9. The van der Waals surface area contributed by atoms with Gasteiger partial charge in [0.2, 0.25) is 5.91 Å². The molecule has 20 heavy (non-hydrogen) atoms. The number of para-hydroxylation sites is 1. The summed E-state index contributed by atoms with van der Waals surface area (Å²) >= 11 is 0. The molecule has 1 heterocycles. The van der Waals surface area contributed by atoms with Gasteiger partial charge in [0, 0.05) is 30.7 Å². The molecule has 1 fully saturated rings. The van der Waals surface area contributed by atoms with Crippen LogP contribution in [0.15, 0.2) is 24.3 Å². The first-order valence-corrected chi connectivity index (χ1v) is 7.89. The molecule has 0 aromatic heterocycles. The topological polar surface area (TPSA) is 32.3 Å². The van der Waals surface area contributed by atoms with Crippen molar-refractivity contribution in [3.63, 3.8) is 0 Å². The van der Waals surface area contributed by atoms with E-state index in [1.54, 1.807) is 0 Å². The smallest absolute Gasteiger partial charge is 0.228 e. The van der Waals surface area contributed by atoms with E-state index >= 15 is 0 Å². The lowest BCUT2D eigenvalue weighted by Gasteiger charge is -2.23. The lowest BCUT2D eigenvalue weighted by molar-refractivity contribution is -0.118. The molecule has 1 aliphatic heterocycles. The van der Waals surface area contributed by atoms with Crippen LogP contribution in [0.2, 0.25) is 0 Å². The van der Waals surface area contributed by atoms with Crippen molar-refractivity contribution in [3.8, 4) is 0 Å². The Bertz CT molecular complexity index is 480. The van der Waals surface area contributed by atoms with Gasteiger partial charge in [-0.25, -0.2) is 0 Å². The molecule has 0 radical (unpaired) electrons. The van der Waals surface area contributed by atoms with Gasteiger partial charge in [-0.15, -0.1) is 0 Å². The number of nitrogens with one attached hydrogen (secondary N) is 1. The van der Waals surface area contributed by atoms with E-state index in [2.05, 4.69) is 30.4 Å². The maximum Gasteiger partial charge on any atom is 0.228 e. The van der Waals surface area contributed by atoms with Gasteiger partial charge in [-0.2, -0.15) is 0 Å². The van der Waals surface area contributed by atoms with Crippen LogP contribution in [0.5, 0.6) is 0 Å². The average molecular weight is 272 g/mol. The molecule has 3 heteroatoms. The molecular weight excluding hydrogens is 248 g/mol. The maximum absolute atomic E-state index is 12.5. The summed E-state index contributed by atoms with van der Waals surface area (Å²) in [5.74, 6) is 0.257. The fourth-order valence-electron chi connectivity index (χ4n) is 3.58. The van der Waals surface area contributed by atoms with Crippen LogP contribution in [0.3, 0.4) is 0 Å². The van der Waals surface area contributed by atoms with Gasteiger partial charge in [0.05, 0.1) is 0 Å².